The second-order valence-electron chi connectivity index (χ2n) is 5.01. The molecule has 0 aromatic rings. The SMILES string of the molecule is O=C(CC1CNCCO1)NC1CCC(C(=O)O)C1. The zero-order chi connectivity index (χ0) is 13.0. The van der Waals surface area contributed by atoms with Crippen molar-refractivity contribution in [3.05, 3.63) is 0 Å². The van der Waals surface area contributed by atoms with Crippen molar-refractivity contribution in [3.63, 3.8) is 0 Å². The number of aliphatic carboxylic acids is 1. The molecular formula is C12H20N2O4. The summed E-state index contributed by atoms with van der Waals surface area (Å²) in [7, 11) is 0. The van der Waals surface area contributed by atoms with Crippen LogP contribution in [0.1, 0.15) is 25.7 Å². The Labute approximate surface area is 106 Å². The minimum absolute atomic E-state index is 0.00940. The van der Waals surface area contributed by atoms with Gasteiger partial charge in [-0.05, 0) is 19.3 Å². The van der Waals surface area contributed by atoms with Crippen molar-refractivity contribution in [2.45, 2.75) is 37.8 Å². The molecule has 2 rings (SSSR count). The standard InChI is InChI=1S/C12H20N2O4/c15-11(6-10-7-13-3-4-18-10)14-9-2-1-8(5-9)12(16)17/h8-10,13H,1-7H2,(H,14,15)(H,16,17). The molecule has 3 atom stereocenters. The van der Waals surface area contributed by atoms with Crippen LogP contribution in [0.2, 0.25) is 0 Å². The van der Waals surface area contributed by atoms with Gasteiger partial charge in [0.25, 0.3) is 0 Å². The summed E-state index contributed by atoms with van der Waals surface area (Å²) in [6.45, 7) is 2.18. The van der Waals surface area contributed by atoms with E-state index in [0.717, 1.165) is 13.0 Å². The molecule has 3 N–H and O–H groups in total. The third-order valence-corrected chi connectivity index (χ3v) is 3.56. The van der Waals surface area contributed by atoms with E-state index in [4.69, 9.17) is 9.84 Å². The molecule has 102 valence electrons. The molecule has 0 spiro atoms. The fourth-order valence-electron chi connectivity index (χ4n) is 2.58. The molecule has 1 aliphatic carbocycles. The van der Waals surface area contributed by atoms with Crippen LogP contribution in [0.5, 0.6) is 0 Å². The lowest BCUT2D eigenvalue weighted by molar-refractivity contribution is -0.141. The maximum atomic E-state index is 11.8. The molecule has 2 fully saturated rings. The number of hydrogen-bond acceptors (Lipinski definition) is 4. The van der Waals surface area contributed by atoms with Crippen LogP contribution >= 0.6 is 0 Å². The molecule has 2 aliphatic rings. The minimum atomic E-state index is -0.758. The van der Waals surface area contributed by atoms with Crippen LogP contribution in [-0.4, -0.2) is 48.8 Å². The van der Waals surface area contributed by atoms with Gasteiger partial charge in [0.15, 0.2) is 0 Å². The first-order valence-corrected chi connectivity index (χ1v) is 6.49. The van der Waals surface area contributed by atoms with Crippen LogP contribution in [0.25, 0.3) is 0 Å². The van der Waals surface area contributed by atoms with Gasteiger partial charge in [0.1, 0.15) is 0 Å². The van der Waals surface area contributed by atoms with E-state index < -0.39 is 5.97 Å². The maximum absolute atomic E-state index is 11.8. The highest BCUT2D eigenvalue weighted by Gasteiger charge is 2.30. The Morgan fingerprint density at radius 2 is 2.22 bits per heavy atom. The van der Waals surface area contributed by atoms with Crippen LogP contribution in [0.4, 0.5) is 0 Å². The average Bonchev–Trinajstić information content (AvgIpc) is 2.78. The lowest BCUT2D eigenvalue weighted by Crippen LogP contribution is -2.43. The number of morpholine rings is 1. The van der Waals surface area contributed by atoms with Crippen molar-refractivity contribution >= 4 is 11.9 Å². The number of ether oxygens (including phenoxy) is 1. The molecule has 18 heavy (non-hydrogen) atoms. The number of carbonyl (C=O) groups is 2. The number of nitrogens with one attached hydrogen (secondary N) is 2. The Morgan fingerprint density at radius 3 is 2.83 bits per heavy atom. The first-order chi connectivity index (χ1) is 8.65. The highest BCUT2D eigenvalue weighted by molar-refractivity contribution is 5.77. The molecule has 0 radical (unpaired) electrons. The van der Waals surface area contributed by atoms with Crippen molar-refractivity contribution in [2.75, 3.05) is 19.7 Å². The molecule has 6 heteroatoms. The highest BCUT2D eigenvalue weighted by atomic mass is 16.5. The van der Waals surface area contributed by atoms with Crippen molar-refractivity contribution in [1.82, 2.24) is 10.6 Å². The van der Waals surface area contributed by atoms with E-state index in [2.05, 4.69) is 10.6 Å². The van der Waals surface area contributed by atoms with Gasteiger partial charge in [-0.25, -0.2) is 0 Å². The topological polar surface area (TPSA) is 87.7 Å². The molecule has 6 nitrogen and oxygen atoms in total. The lowest BCUT2D eigenvalue weighted by atomic mass is 10.1. The highest BCUT2D eigenvalue weighted by Crippen LogP contribution is 2.25. The first-order valence-electron chi connectivity index (χ1n) is 6.49. The predicted molar refractivity (Wildman–Crippen MR) is 64.1 cm³/mol. The van der Waals surface area contributed by atoms with E-state index >= 15 is 0 Å². The summed E-state index contributed by atoms with van der Waals surface area (Å²) in [5.41, 5.74) is 0. The van der Waals surface area contributed by atoms with Gasteiger partial charge in [-0.3, -0.25) is 9.59 Å². The Balaban J connectivity index is 1.69. The predicted octanol–water partition coefficient (Wildman–Crippen LogP) is -0.266. The van der Waals surface area contributed by atoms with E-state index in [1.165, 1.54) is 0 Å². The Morgan fingerprint density at radius 1 is 1.39 bits per heavy atom. The Kier molecular flexibility index (Phi) is 4.54. The summed E-state index contributed by atoms with van der Waals surface area (Å²) in [5.74, 6) is -1.10. The van der Waals surface area contributed by atoms with E-state index in [1.54, 1.807) is 0 Å². The van der Waals surface area contributed by atoms with Crippen LogP contribution in [0.15, 0.2) is 0 Å². The van der Waals surface area contributed by atoms with Crippen molar-refractivity contribution in [2.24, 2.45) is 5.92 Å². The third-order valence-electron chi connectivity index (χ3n) is 3.56. The lowest BCUT2D eigenvalue weighted by Gasteiger charge is -2.23. The second-order valence-corrected chi connectivity index (χ2v) is 5.01. The average molecular weight is 256 g/mol. The van der Waals surface area contributed by atoms with Gasteiger partial charge in [0.2, 0.25) is 5.91 Å². The first kappa shape index (κ1) is 13.3. The molecule has 1 heterocycles. The third kappa shape index (κ3) is 3.68. The van der Waals surface area contributed by atoms with Crippen LogP contribution < -0.4 is 10.6 Å². The Hall–Kier alpha value is -1.14. The minimum Gasteiger partial charge on any atom is -0.481 e. The molecule has 0 bridgehead atoms. The number of amides is 1. The molecule has 0 aromatic heterocycles. The monoisotopic (exact) mass is 256 g/mol. The van der Waals surface area contributed by atoms with Crippen molar-refractivity contribution in [3.8, 4) is 0 Å². The maximum Gasteiger partial charge on any atom is 0.306 e. The molecule has 0 aromatic carbocycles. The van der Waals surface area contributed by atoms with Crippen molar-refractivity contribution in [1.29, 1.82) is 0 Å². The van der Waals surface area contributed by atoms with Gasteiger partial charge in [0.05, 0.1) is 25.0 Å². The fraction of sp³-hybridized carbons (Fsp3) is 0.833. The Bertz CT molecular complexity index is 315. The smallest absolute Gasteiger partial charge is 0.306 e. The normalized spacial score (nSPS) is 32.1. The summed E-state index contributed by atoms with van der Waals surface area (Å²) in [5, 5.41) is 15.0. The van der Waals surface area contributed by atoms with Gasteiger partial charge in [-0.2, -0.15) is 0 Å². The van der Waals surface area contributed by atoms with Crippen molar-refractivity contribution < 1.29 is 19.4 Å². The number of carboxylic acids is 1. The number of carbonyl (C=O) groups excluding carboxylic acids is 1. The van der Waals surface area contributed by atoms with Gasteiger partial charge >= 0.3 is 5.97 Å². The summed E-state index contributed by atoms with van der Waals surface area (Å²) in [6.07, 6.45) is 2.25. The second kappa shape index (κ2) is 6.15. The van der Waals surface area contributed by atoms with Crippen LogP contribution in [0, 0.1) is 5.92 Å². The quantitative estimate of drug-likeness (QED) is 0.644. The van der Waals surface area contributed by atoms with E-state index in [1.807, 2.05) is 0 Å². The van der Waals surface area contributed by atoms with Gasteiger partial charge in [-0.1, -0.05) is 0 Å². The molecule has 1 amide bonds. The molecule has 1 aliphatic heterocycles. The number of carboxylic acid groups (broad SMARTS) is 1. The van der Waals surface area contributed by atoms with Gasteiger partial charge in [-0.15, -0.1) is 0 Å². The summed E-state index contributed by atoms with van der Waals surface area (Å²) in [4.78, 5) is 22.6. The van der Waals surface area contributed by atoms with Crippen LogP contribution in [-0.2, 0) is 14.3 Å². The number of rotatable bonds is 4. The zero-order valence-corrected chi connectivity index (χ0v) is 10.4. The van der Waals surface area contributed by atoms with E-state index in [9.17, 15) is 9.59 Å². The molecule has 1 saturated carbocycles. The summed E-state index contributed by atoms with van der Waals surface area (Å²) >= 11 is 0. The van der Waals surface area contributed by atoms with E-state index in [0.29, 0.717) is 32.4 Å². The number of hydrogen-bond donors (Lipinski definition) is 3. The molecule has 1 saturated heterocycles. The van der Waals surface area contributed by atoms with Gasteiger partial charge < -0.3 is 20.5 Å². The van der Waals surface area contributed by atoms with E-state index in [-0.39, 0.29) is 24.0 Å². The molecule has 3 unspecified atom stereocenters. The largest absolute Gasteiger partial charge is 0.481 e. The van der Waals surface area contributed by atoms with Gasteiger partial charge in [0, 0.05) is 19.1 Å². The fourth-order valence-corrected chi connectivity index (χ4v) is 2.58. The van der Waals surface area contributed by atoms with Crippen LogP contribution in [0.3, 0.4) is 0 Å². The molecular weight excluding hydrogens is 236 g/mol. The zero-order valence-electron chi connectivity index (χ0n) is 10.4. The summed E-state index contributed by atoms with van der Waals surface area (Å²) in [6, 6.07) is 0.00940. The summed E-state index contributed by atoms with van der Waals surface area (Å²) < 4.78 is 5.45.